The maximum Gasteiger partial charge on any atom is 0.169 e. The first kappa shape index (κ1) is 32.3. The van der Waals surface area contributed by atoms with Crippen molar-refractivity contribution in [3.63, 3.8) is 0 Å². The van der Waals surface area contributed by atoms with Gasteiger partial charge in [0.15, 0.2) is 24.8 Å². The summed E-state index contributed by atoms with van der Waals surface area (Å²) in [6.07, 6.45) is 22.8. The summed E-state index contributed by atoms with van der Waals surface area (Å²) in [7, 11) is 0. The zero-order chi connectivity index (χ0) is 25.0. The molecule has 0 aromatic carbocycles. The van der Waals surface area contributed by atoms with Crippen LogP contribution in [0.3, 0.4) is 0 Å². The largest absolute Gasteiger partial charge is 1.00 e. The number of aromatic nitrogens is 4. The molecule has 0 fully saturated rings. The molecule has 202 valence electrons. The van der Waals surface area contributed by atoms with Crippen molar-refractivity contribution >= 4 is 0 Å². The molecular weight excluding hydrogens is 694 g/mol. The van der Waals surface area contributed by atoms with Gasteiger partial charge in [0.25, 0.3) is 0 Å². The van der Waals surface area contributed by atoms with E-state index < -0.39 is 0 Å². The van der Waals surface area contributed by atoms with E-state index in [4.69, 9.17) is 9.97 Å². The predicted molar refractivity (Wildman–Crippen MR) is 147 cm³/mol. The molecule has 4 rings (SSSR count). The lowest BCUT2D eigenvalue weighted by Gasteiger charge is -2.06. The lowest BCUT2D eigenvalue weighted by atomic mass is 10.1. The van der Waals surface area contributed by atoms with Gasteiger partial charge in [-0.05, 0) is 25.0 Å². The molecule has 4 aromatic rings. The van der Waals surface area contributed by atoms with Gasteiger partial charge in [0.2, 0.25) is 0 Å². The third kappa shape index (κ3) is 9.67. The number of hydrogen-bond donors (Lipinski definition) is 0. The van der Waals surface area contributed by atoms with Gasteiger partial charge in [0.1, 0.15) is 13.1 Å². The van der Waals surface area contributed by atoms with E-state index >= 15 is 0 Å². The van der Waals surface area contributed by atoms with Gasteiger partial charge in [-0.25, -0.2) is 9.13 Å². The molecule has 38 heavy (non-hydrogen) atoms. The van der Waals surface area contributed by atoms with Crippen molar-refractivity contribution in [2.45, 2.75) is 78.3 Å². The van der Waals surface area contributed by atoms with Crippen LogP contribution in [0, 0.1) is 0 Å². The van der Waals surface area contributed by atoms with Crippen molar-refractivity contribution in [2.24, 2.45) is 0 Å². The summed E-state index contributed by atoms with van der Waals surface area (Å²) in [6, 6.07) is 17.1. The minimum absolute atomic E-state index is 0. The van der Waals surface area contributed by atoms with Crippen LogP contribution in [0.1, 0.15) is 65.2 Å². The number of unbranched alkanes of at least 4 members (excludes halogenated alkanes) is 6. The number of hydrogen-bond acceptors (Lipinski definition) is 2. The summed E-state index contributed by atoms with van der Waals surface area (Å²) in [5.41, 5.74) is 6.44. The van der Waals surface area contributed by atoms with Gasteiger partial charge < -0.3 is 48.0 Å². The van der Waals surface area contributed by atoms with Crippen molar-refractivity contribution < 1.29 is 57.1 Å². The molecule has 0 aliphatic heterocycles. The van der Waals surface area contributed by atoms with E-state index in [1.54, 1.807) is 0 Å². The number of halogens is 2. The second-order valence-electron chi connectivity index (χ2n) is 9.63. The third-order valence-corrected chi connectivity index (χ3v) is 6.77. The highest BCUT2D eigenvalue weighted by Crippen LogP contribution is 2.24. The van der Waals surface area contributed by atoms with E-state index in [0.717, 1.165) is 46.7 Å². The number of rotatable bonds is 13. The van der Waals surface area contributed by atoms with Crippen LogP contribution >= 0.6 is 0 Å². The lowest BCUT2D eigenvalue weighted by Crippen LogP contribution is -3.00. The van der Waals surface area contributed by atoms with Gasteiger partial charge in [-0.3, -0.25) is 9.97 Å². The minimum Gasteiger partial charge on any atom is -1.00 e. The monoisotopic (exact) mass is 734 g/mol. The molecule has 0 radical (unpaired) electrons. The molecule has 0 amide bonds. The quantitative estimate of drug-likeness (QED) is 0.118. The Bertz CT molecular complexity index is 1080. The van der Waals surface area contributed by atoms with Crippen molar-refractivity contribution in [3.8, 4) is 33.6 Å². The standard InChI is InChI=1S/C32H40N4.2HI/c1-3-5-7-9-19-35-21-15-27(16-22-35)31-13-11-29(25-33-31)30-12-14-32(34-26-30)28-17-23-36(24-18-28)20-10-8-6-4-2;;/h11-18,21-26H,3-10,19-20H2,1-2H3;2*1H/q+2;;/p-2. The average Bonchev–Trinajstić information content (AvgIpc) is 2.94. The van der Waals surface area contributed by atoms with E-state index in [1.165, 1.54) is 51.4 Å². The lowest BCUT2D eigenvalue weighted by molar-refractivity contribution is -0.697. The van der Waals surface area contributed by atoms with Crippen LogP contribution in [-0.2, 0) is 13.1 Å². The highest BCUT2D eigenvalue weighted by molar-refractivity contribution is 5.68. The highest BCUT2D eigenvalue weighted by Gasteiger charge is 2.08. The summed E-state index contributed by atoms with van der Waals surface area (Å²) in [4.78, 5) is 9.46. The normalized spacial score (nSPS) is 10.5. The van der Waals surface area contributed by atoms with E-state index in [9.17, 15) is 0 Å². The smallest absolute Gasteiger partial charge is 0.169 e. The number of nitrogens with zero attached hydrogens (tertiary/aromatic N) is 4. The summed E-state index contributed by atoms with van der Waals surface area (Å²) < 4.78 is 4.53. The average molecular weight is 735 g/mol. The minimum atomic E-state index is 0. The first-order valence-electron chi connectivity index (χ1n) is 13.7. The molecule has 0 aliphatic carbocycles. The second-order valence-corrected chi connectivity index (χ2v) is 9.63. The Balaban J connectivity index is 0.00000253. The fraction of sp³-hybridized carbons (Fsp3) is 0.375. The topological polar surface area (TPSA) is 33.5 Å². The molecule has 4 aromatic heterocycles. The molecule has 0 saturated heterocycles. The zero-order valence-electron chi connectivity index (χ0n) is 22.7. The molecule has 0 aliphatic rings. The molecule has 6 heteroatoms. The Kier molecular flexibility index (Phi) is 15.0. The summed E-state index contributed by atoms with van der Waals surface area (Å²) in [5.74, 6) is 0. The van der Waals surface area contributed by atoms with Gasteiger partial charge in [-0.15, -0.1) is 0 Å². The Hall–Kier alpha value is -1.94. The van der Waals surface area contributed by atoms with E-state index in [2.05, 4.69) is 96.3 Å². The fourth-order valence-corrected chi connectivity index (χ4v) is 4.47. The van der Waals surface area contributed by atoms with Gasteiger partial charge >= 0.3 is 0 Å². The molecule has 4 nitrogen and oxygen atoms in total. The van der Waals surface area contributed by atoms with Crippen LogP contribution in [0.2, 0.25) is 0 Å². The molecule has 4 heterocycles. The maximum absolute atomic E-state index is 4.73. The Morgan fingerprint density at radius 2 is 0.868 bits per heavy atom. The highest BCUT2D eigenvalue weighted by atomic mass is 127. The van der Waals surface area contributed by atoms with Crippen LogP contribution in [0.25, 0.3) is 33.6 Å². The van der Waals surface area contributed by atoms with Crippen LogP contribution < -0.4 is 57.1 Å². The van der Waals surface area contributed by atoms with Crippen LogP contribution in [0.4, 0.5) is 0 Å². The SMILES string of the molecule is CCCCCC[n+]1ccc(-c2ccc(-c3ccc(-c4cc[n+](CCCCCC)cc4)nc3)cn2)cc1.[I-].[I-]. The molecule has 0 unspecified atom stereocenters. The summed E-state index contributed by atoms with van der Waals surface area (Å²) in [6.45, 7) is 6.66. The number of pyridine rings is 4. The van der Waals surface area contributed by atoms with Crippen molar-refractivity contribution in [1.29, 1.82) is 0 Å². The molecular formula is C32H40I2N4. The molecule has 0 N–H and O–H groups in total. The maximum atomic E-state index is 4.73. The first-order chi connectivity index (χ1) is 17.8. The van der Waals surface area contributed by atoms with E-state index in [1.807, 2.05) is 12.4 Å². The number of aryl methyl sites for hydroxylation is 2. The predicted octanol–water partition coefficient (Wildman–Crippen LogP) is 1.22. The van der Waals surface area contributed by atoms with Gasteiger partial charge in [0.05, 0.1) is 11.4 Å². The van der Waals surface area contributed by atoms with Crippen molar-refractivity contribution in [2.75, 3.05) is 0 Å². The summed E-state index contributed by atoms with van der Waals surface area (Å²) in [5, 5.41) is 0. The molecule has 0 bridgehead atoms. The van der Waals surface area contributed by atoms with E-state index in [0.29, 0.717) is 0 Å². The zero-order valence-corrected chi connectivity index (χ0v) is 27.0. The van der Waals surface area contributed by atoms with Crippen LogP contribution in [0.15, 0.2) is 85.7 Å². The van der Waals surface area contributed by atoms with Crippen LogP contribution in [0.5, 0.6) is 0 Å². The molecule has 0 atom stereocenters. The van der Waals surface area contributed by atoms with Crippen molar-refractivity contribution in [1.82, 2.24) is 9.97 Å². The van der Waals surface area contributed by atoms with E-state index in [-0.39, 0.29) is 48.0 Å². The first-order valence-corrected chi connectivity index (χ1v) is 13.7. The molecule has 0 spiro atoms. The second kappa shape index (κ2) is 17.6. The molecule has 0 saturated carbocycles. The van der Waals surface area contributed by atoms with Gasteiger partial charge in [0, 0.05) is 71.8 Å². The fourth-order valence-electron chi connectivity index (χ4n) is 4.47. The third-order valence-electron chi connectivity index (χ3n) is 6.77. The van der Waals surface area contributed by atoms with Crippen LogP contribution in [-0.4, -0.2) is 9.97 Å². The van der Waals surface area contributed by atoms with Gasteiger partial charge in [-0.2, -0.15) is 0 Å². The van der Waals surface area contributed by atoms with Gasteiger partial charge in [-0.1, -0.05) is 51.7 Å². The Labute approximate surface area is 263 Å². The van der Waals surface area contributed by atoms with Crippen molar-refractivity contribution in [3.05, 3.63) is 85.7 Å². The Morgan fingerprint density at radius 3 is 1.18 bits per heavy atom. The Morgan fingerprint density at radius 1 is 0.474 bits per heavy atom. The summed E-state index contributed by atoms with van der Waals surface area (Å²) >= 11 is 0.